The van der Waals surface area contributed by atoms with Gasteiger partial charge in [0.05, 0.1) is 35.0 Å². The fourth-order valence-corrected chi connectivity index (χ4v) is 3.20. The maximum atomic E-state index is 14.3. The van der Waals surface area contributed by atoms with Crippen molar-refractivity contribution in [3.63, 3.8) is 0 Å². The molecule has 0 aliphatic rings. The Balaban J connectivity index is 0.000000408. The van der Waals surface area contributed by atoms with Crippen molar-refractivity contribution < 1.29 is 39.9 Å². The minimum absolute atomic E-state index is 0.0534. The first-order valence-corrected chi connectivity index (χ1v) is 11.6. The summed E-state index contributed by atoms with van der Waals surface area (Å²) < 4.78 is 102. The molecule has 41 heavy (non-hydrogen) atoms. The number of alkyl halides is 7. The highest BCUT2D eigenvalue weighted by molar-refractivity contribution is 5.86. The van der Waals surface area contributed by atoms with E-state index in [0.717, 1.165) is 18.3 Å². The molecule has 2 heterocycles. The Kier molecular flexibility index (Phi) is 11.0. The summed E-state index contributed by atoms with van der Waals surface area (Å²) >= 11 is 0. The number of nitrogens with zero attached hydrogens (tertiary/aromatic N) is 5. The molecule has 3 N–H and O–H groups in total. The van der Waals surface area contributed by atoms with Gasteiger partial charge in [0.1, 0.15) is 17.6 Å². The number of carbonyl (C=O) groups is 1. The second kappa shape index (κ2) is 13.8. The van der Waals surface area contributed by atoms with Gasteiger partial charge < -0.3 is 10.6 Å². The Bertz CT molecular complexity index is 1410. The number of aromatic amines is 1. The average Bonchev–Trinajstić information content (AvgIpc) is 2.87. The molecule has 0 amide bonds. The van der Waals surface area contributed by atoms with Gasteiger partial charge in [-0.25, -0.2) is 28.8 Å². The molecule has 1 aromatic carbocycles. The van der Waals surface area contributed by atoms with E-state index in [2.05, 4.69) is 20.1 Å². The molecule has 0 fully saturated rings. The monoisotopic (exact) mass is 593 g/mol. The van der Waals surface area contributed by atoms with Gasteiger partial charge in [-0.15, -0.1) is 0 Å². The van der Waals surface area contributed by atoms with Crippen LogP contribution in [0.3, 0.4) is 0 Å². The van der Waals surface area contributed by atoms with Gasteiger partial charge in [-0.2, -0.15) is 31.4 Å². The summed E-state index contributed by atoms with van der Waals surface area (Å²) in [5.74, 6) is -1.17. The average molecular weight is 593 g/mol. The van der Waals surface area contributed by atoms with E-state index in [9.17, 15) is 44.7 Å². The number of anilines is 1. The topological polar surface area (TPSA) is 130 Å². The van der Waals surface area contributed by atoms with Gasteiger partial charge >= 0.3 is 12.4 Å². The molecule has 0 aliphatic heterocycles. The molecule has 3 aromatic rings. The largest absolute Gasteiger partial charge is 0.423 e. The highest BCUT2D eigenvalue weighted by Gasteiger charge is 2.36. The van der Waals surface area contributed by atoms with Crippen LogP contribution in [0.5, 0.6) is 0 Å². The lowest BCUT2D eigenvalue weighted by atomic mass is 10.1. The van der Waals surface area contributed by atoms with Crippen molar-refractivity contribution in [2.45, 2.75) is 38.3 Å². The molecule has 0 radical (unpaired) electrons. The Morgan fingerprint density at radius 3 is 2.22 bits per heavy atom. The molecule has 17 heteroatoms. The molecule has 9 nitrogen and oxygen atoms in total. The van der Waals surface area contributed by atoms with Crippen molar-refractivity contribution in [3.8, 4) is 11.4 Å². The van der Waals surface area contributed by atoms with Crippen molar-refractivity contribution in [1.29, 1.82) is 0 Å². The molecule has 1 unspecified atom stereocenters. The van der Waals surface area contributed by atoms with Gasteiger partial charge in [0.15, 0.2) is 12.1 Å². The van der Waals surface area contributed by atoms with E-state index in [1.807, 2.05) is 6.92 Å². The fourth-order valence-electron chi connectivity index (χ4n) is 3.20. The predicted molar refractivity (Wildman–Crippen MR) is 133 cm³/mol. The Labute approximate surface area is 227 Å². The predicted octanol–water partition coefficient (Wildman–Crippen LogP) is 5.21. The zero-order valence-electron chi connectivity index (χ0n) is 21.4. The van der Waals surface area contributed by atoms with Gasteiger partial charge in [-0.05, 0) is 18.6 Å². The molecule has 1 atom stereocenters. The van der Waals surface area contributed by atoms with E-state index in [1.165, 1.54) is 11.2 Å². The molecule has 2 aromatic heterocycles. The molecule has 0 spiro atoms. The second-order valence-electron chi connectivity index (χ2n) is 8.40. The van der Waals surface area contributed by atoms with Gasteiger partial charge in [0.25, 0.3) is 5.56 Å². The molecular weight excluding hydrogens is 570 g/mol. The third kappa shape index (κ3) is 9.32. The molecule has 0 bridgehead atoms. The standard InChI is InChI=1S/C19H19F5N4O.C5H4F3N3O/c1-3-4-14(20)9-28(2)11-27-17-6-15(16(21)5-12(17)10-29)18-25-7-13(8-26-18)19(22,23)24;6-5(7,8)3-2(9)1-10-11-4(3)12/h5-8,10-11,14H,3-4,9H2,1-2H3;1H,(H3,9,11,12). The number of hydrogen-bond acceptors (Lipinski definition) is 7. The van der Waals surface area contributed by atoms with E-state index in [1.54, 1.807) is 12.1 Å². The Morgan fingerprint density at radius 1 is 1.10 bits per heavy atom. The summed E-state index contributed by atoms with van der Waals surface area (Å²) in [7, 11) is 1.59. The number of H-pyrrole nitrogens is 1. The van der Waals surface area contributed by atoms with E-state index in [0.29, 0.717) is 31.5 Å². The number of aliphatic imine (C=N–C) groups is 1. The minimum atomic E-state index is -4.74. The van der Waals surface area contributed by atoms with Crippen LogP contribution in [0.1, 0.15) is 41.3 Å². The number of nitrogens with two attached hydrogens (primary N) is 1. The number of aromatic nitrogens is 4. The third-order valence-corrected chi connectivity index (χ3v) is 5.11. The molecular formula is C24H23F8N7O2. The van der Waals surface area contributed by atoms with Crippen LogP contribution >= 0.6 is 0 Å². The zero-order valence-corrected chi connectivity index (χ0v) is 21.4. The quantitative estimate of drug-likeness (QED) is 0.159. The molecule has 222 valence electrons. The number of halogens is 8. The molecule has 0 saturated carbocycles. The molecule has 0 aliphatic carbocycles. The maximum Gasteiger partial charge on any atom is 0.423 e. The first-order chi connectivity index (χ1) is 19.1. The number of benzene rings is 1. The third-order valence-electron chi connectivity index (χ3n) is 5.11. The summed E-state index contributed by atoms with van der Waals surface area (Å²) in [5, 5.41) is 4.74. The van der Waals surface area contributed by atoms with Gasteiger partial charge in [0, 0.05) is 31.5 Å². The van der Waals surface area contributed by atoms with E-state index in [4.69, 9.17) is 5.73 Å². The lowest BCUT2D eigenvalue weighted by molar-refractivity contribution is -0.138. The van der Waals surface area contributed by atoms with Gasteiger partial charge in [0.2, 0.25) is 0 Å². The number of rotatable bonds is 8. The highest BCUT2D eigenvalue weighted by atomic mass is 19.4. The van der Waals surface area contributed by atoms with Crippen molar-refractivity contribution in [1.82, 2.24) is 25.1 Å². The van der Waals surface area contributed by atoms with Gasteiger partial charge in [-0.3, -0.25) is 9.59 Å². The number of nitrogen functional groups attached to an aromatic ring is 1. The number of hydrogen-bond donors (Lipinski definition) is 2. The van der Waals surface area contributed by atoms with Crippen LogP contribution < -0.4 is 11.3 Å². The van der Waals surface area contributed by atoms with Crippen LogP contribution in [0.4, 0.5) is 46.5 Å². The number of aldehydes is 1. The smallest absolute Gasteiger partial charge is 0.397 e. The molecule has 3 rings (SSSR count). The zero-order chi connectivity index (χ0) is 31.0. The highest BCUT2D eigenvalue weighted by Crippen LogP contribution is 2.31. The van der Waals surface area contributed by atoms with Gasteiger partial charge in [-0.1, -0.05) is 13.3 Å². The maximum absolute atomic E-state index is 14.3. The van der Waals surface area contributed by atoms with Crippen molar-refractivity contribution in [3.05, 3.63) is 63.6 Å². The van der Waals surface area contributed by atoms with E-state index in [-0.39, 0.29) is 29.2 Å². The number of carbonyl (C=O) groups excluding carboxylic acids is 1. The lowest BCUT2D eigenvalue weighted by Crippen LogP contribution is -2.25. The second-order valence-corrected chi connectivity index (χ2v) is 8.40. The normalized spacial score (nSPS) is 12.5. The SMILES string of the molecule is CCCC(F)CN(C)C=Nc1cc(-c2ncc(C(F)(F)F)cn2)c(F)cc1C=O.Nc1cn[nH]c(=O)c1C(F)(F)F. The van der Waals surface area contributed by atoms with Crippen molar-refractivity contribution >= 4 is 24.0 Å². The van der Waals surface area contributed by atoms with Crippen LogP contribution in [0, 0.1) is 5.82 Å². The van der Waals surface area contributed by atoms with Crippen molar-refractivity contribution in [2.24, 2.45) is 4.99 Å². The Morgan fingerprint density at radius 2 is 1.73 bits per heavy atom. The molecule has 0 saturated heterocycles. The summed E-state index contributed by atoms with van der Waals surface area (Å²) in [6.45, 7) is 1.95. The summed E-state index contributed by atoms with van der Waals surface area (Å²) in [5.41, 5.74) is 0.187. The summed E-state index contributed by atoms with van der Waals surface area (Å²) in [4.78, 5) is 34.5. The first-order valence-electron chi connectivity index (χ1n) is 11.6. The van der Waals surface area contributed by atoms with Crippen LogP contribution in [0.15, 0.2) is 40.5 Å². The van der Waals surface area contributed by atoms with Crippen LogP contribution in [-0.2, 0) is 12.4 Å². The summed E-state index contributed by atoms with van der Waals surface area (Å²) in [6, 6.07) is 2.05. The van der Waals surface area contributed by atoms with Crippen LogP contribution in [-0.4, -0.2) is 57.5 Å². The van der Waals surface area contributed by atoms with E-state index >= 15 is 0 Å². The van der Waals surface area contributed by atoms with E-state index < -0.39 is 46.7 Å². The number of nitrogens with one attached hydrogen (secondary N) is 1. The fraction of sp³-hybridized carbons (Fsp3) is 0.333. The first kappa shape index (κ1) is 32.8. The van der Waals surface area contributed by atoms with Crippen LogP contribution in [0.2, 0.25) is 0 Å². The van der Waals surface area contributed by atoms with Crippen LogP contribution in [0.25, 0.3) is 11.4 Å². The lowest BCUT2D eigenvalue weighted by Gasteiger charge is -2.16. The Hall–Kier alpha value is -4.44. The minimum Gasteiger partial charge on any atom is -0.397 e. The summed E-state index contributed by atoms with van der Waals surface area (Å²) in [6.07, 6.45) is -5.81. The van der Waals surface area contributed by atoms with Crippen molar-refractivity contribution in [2.75, 3.05) is 19.3 Å².